The van der Waals surface area contributed by atoms with Gasteiger partial charge in [-0.3, -0.25) is 9.10 Å². The maximum Gasteiger partial charge on any atom is 0.354 e. The second-order valence-electron chi connectivity index (χ2n) is 6.85. The molecule has 4 rings (SSSR count). The summed E-state index contributed by atoms with van der Waals surface area (Å²) in [6, 6.07) is 3.39. The quantitative estimate of drug-likeness (QED) is 0.567. The maximum atomic E-state index is 14.3. The number of H-pyrrole nitrogens is 1. The number of nitrogens with zero attached hydrogens (tertiary/aromatic N) is 2. The normalized spacial score (nSPS) is 15.8. The van der Waals surface area contributed by atoms with Crippen LogP contribution in [0.5, 0.6) is 0 Å². The molecule has 0 unspecified atom stereocenters. The number of aryl methyl sites for hydroxylation is 1. The molecule has 0 bridgehead atoms. The Hall–Kier alpha value is -3.25. The zero-order valence-electron chi connectivity index (χ0n) is 15.6. The van der Waals surface area contributed by atoms with Gasteiger partial charge < -0.3 is 14.7 Å². The Morgan fingerprint density at radius 2 is 1.97 bits per heavy atom. The molecule has 9 nitrogen and oxygen atoms in total. The molecule has 3 aromatic rings. The summed E-state index contributed by atoms with van der Waals surface area (Å²) >= 11 is 0. The SMILES string of the molecule is Cc1cc2c(N3CCNS3(=O)=O)c(C(=O)O)n(Cc3cc(=O)[nH]cc3F)c2cc1F. The summed E-state index contributed by atoms with van der Waals surface area (Å²) in [6.45, 7) is 1.08. The smallest absolute Gasteiger partial charge is 0.354 e. The van der Waals surface area contributed by atoms with Gasteiger partial charge in [0.2, 0.25) is 5.56 Å². The highest BCUT2D eigenvalue weighted by molar-refractivity contribution is 7.91. The van der Waals surface area contributed by atoms with Crippen molar-refractivity contribution in [3.63, 3.8) is 0 Å². The van der Waals surface area contributed by atoms with Crippen molar-refractivity contribution in [2.75, 3.05) is 17.4 Å². The number of carboxylic acid groups (broad SMARTS) is 1. The Labute approximate surface area is 168 Å². The van der Waals surface area contributed by atoms with Crippen molar-refractivity contribution in [1.29, 1.82) is 0 Å². The van der Waals surface area contributed by atoms with Gasteiger partial charge in [0.1, 0.15) is 11.6 Å². The number of aromatic amines is 1. The molecule has 158 valence electrons. The molecular weight excluding hydrogens is 422 g/mol. The highest BCUT2D eigenvalue weighted by Gasteiger charge is 2.36. The Morgan fingerprint density at radius 3 is 2.60 bits per heavy atom. The summed E-state index contributed by atoms with van der Waals surface area (Å²) in [5, 5.41) is 10.1. The monoisotopic (exact) mass is 438 g/mol. The number of fused-ring (bicyclic) bond motifs is 1. The van der Waals surface area contributed by atoms with E-state index < -0.39 is 45.6 Å². The topological polar surface area (TPSA) is 124 Å². The number of rotatable bonds is 4. The lowest BCUT2D eigenvalue weighted by atomic mass is 10.1. The van der Waals surface area contributed by atoms with E-state index in [-0.39, 0.29) is 40.8 Å². The van der Waals surface area contributed by atoms with Gasteiger partial charge >= 0.3 is 16.2 Å². The van der Waals surface area contributed by atoms with E-state index in [1.807, 2.05) is 0 Å². The van der Waals surface area contributed by atoms with Crippen molar-refractivity contribution in [3.05, 3.63) is 63.2 Å². The Kier molecular flexibility index (Phi) is 4.62. The molecule has 1 aromatic carbocycles. The molecule has 0 saturated carbocycles. The minimum atomic E-state index is -4.00. The van der Waals surface area contributed by atoms with Crippen LogP contribution in [0.25, 0.3) is 10.9 Å². The van der Waals surface area contributed by atoms with Crippen molar-refractivity contribution < 1.29 is 27.1 Å². The van der Waals surface area contributed by atoms with Crippen molar-refractivity contribution in [2.24, 2.45) is 0 Å². The molecule has 1 aliphatic heterocycles. The average molecular weight is 438 g/mol. The van der Waals surface area contributed by atoms with E-state index in [4.69, 9.17) is 0 Å². The molecule has 3 heterocycles. The lowest BCUT2D eigenvalue weighted by Crippen LogP contribution is -2.30. The standard InChI is InChI=1S/C18H16F2N4O5S/c1-9-4-11-14(6-12(9)19)23(8-10-5-15(25)21-7-13(10)20)17(18(26)27)16(11)24-3-2-22-30(24,28)29/h4-7,22H,2-3,8H2,1H3,(H,21,25)(H,26,27). The molecule has 1 aliphatic rings. The number of anilines is 1. The van der Waals surface area contributed by atoms with Crippen LogP contribution >= 0.6 is 0 Å². The predicted octanol–water partition coefficient (Wildman–Crippen LogP) is 1.32. The minimum absolute atomic E-state index is 0.0302. The van der Waals surface area contributed by atoms with Crippen LogP contribution in [0.3, 0.4) is 0 Å². The van der Waals surface area contributed by atoms with Crippen molar-refractivity contribution >= 4 is 32.8 Å². The minimum Gasteiger partial charge on any atom is -0.477 e. The van der Waals surface area contributed by atoms with E-state index in [1.165, 1.54) is 13.0 Å². The molecule has 3 N–H and O–H groups in total. The van der Waals surface area contributed by atoms with Crippen LogP contribution in [0, 0.1) is 18.6 Å². The molecule has 1 fully saturated rings. The number of pyridine rings is 1. The Morgan fingerprint density at radius 1 is 1.23 bits per heavy atom. The van der Waals surface area contributed by atoms with E-state index in [9.17, 15) is 31.9 Å². The number of hydrogen-bond acceptors (Lipinski definition) is 4. The van der Waals surface area contributed by atoms with Gasteiger partial charge in [0, 0.05) is 36.3 Å². The van der Waals surface area contributed by atoms with Gasteiger partial charge in [-0.25, -0.2) is 13.6 Å². The summed E-state index contributed by atoms with van der Waals surface area (Å²) in [5.74, 6) is -2.91. The number of hydrogen-bond donors (Lipinski definition) is 3. The first-order chi connectivity index (χ1) is 14.1. The first kappa shape index (κ1) is 20.0. The fourth-order valence-corrected chi connectivity index (χ4v) is 4.85. The third-order valence-electron chi connectivity index (χ3n) is 4.94. The van der Waals surface area contributed by atoms with Gasteiger partial charge in [-0.05, 0) is 24.6 Å². The number of carboxylic acids is 1. The van der Waals surface area contributed by atoms with Crippen LogP contribution in [0.15, 0.2) is 29.2 Å². The lowest BCUT2D eigenvalue weighted by Gasteiger charge is -2.17. The fraction of sp³-hybridized carbons (Fsp3) is 0.222. The molecule has 0 amide bonds. The van der Waals surface area contributed by atoms with Crippen LogP contribution < -0.4 is 14.6 Å². The van der Waals surface area contributed by atoms with Crippen LogP contribution in [0.2, 0.25) is 0 Å². The largest absolute Gasteiger partial charge is 0.477 e. The summed E-state index contributed by atoms with van der Waals surface area (Å²) in [4.78, 5) is 25.9. The average Bonchev–Trinajstić information content (AvgIpc) is 3.15. The molecule has 2 aromatic heterocycles. The summed E-state index contributed by atoms with van der Waals surface area (Å²) in [5.41, 5.74) is -1.09. The number of aromatic carboxylic acids is 1. The van der Waals surface area contributed by atoms with Crippen molar-refractivity contribution in [3.8, 4) is 0 Å². The second-order valence-corrected chi connectivity index (χ2v) is 8.53. The van der Waals surface area contributed by atoms with Gasteiger partial charge in [-0.15, -0.1) is 0 Å². The Bertz CT molecular complexity index is 1360. The van der Waals surface area contributed by atoms with E-state index in [2.05, 4.69) is 9.71 Å². The first-order valence-electron chi connectivity index (χ1n) is 8.80. The molecule has 0 radical (unpaired) electrons. The zero-order chi connectivity index (χ0) is 21.8. The van der Waals surface area contributed by atoms with E-state index in [0.29, 0.717) is 0 Å². The lowest BCUT2D eigenvalue weighted by molar-refractivity contribution is 0.0687. The third kappa shape index (κ3) is 3.13. The predicted molar refractivity (Wildman–Crippen MR) is 104 cm³/mol. The fourth-order valence-electron chi connectivity index (χ4n) is 3.59. The van der Waals surface area contributed by atoms with Crippen LogP contribution in [0.1, 0.15) is 21.6 Å². The summed E-state index contributed by atoms with van der Waals surface area (Å²) < 4.78 is 57.7. The molecule has 0 aliphatic carbocycles. The second kappa shape index (κ2) is 6.92. The Balaban J connectivity index is 2.08. The van der Waals surface area contributed by atoms with Gasteiger partial charge in [0.25, 0.3) is 0 Å². The van der Waals surface area contributed by atoms with Crippen molar-refractivity contribution in [2.45, 2.75) is 13.5 Å². The molecule has 0 atom stereocenters. The highest BCUT2D eigenvalue weighted by Crippen LogP contribution is 2.38. The molecular formula is C18H16F2N4O5S. The van der Waals surface area contributed by atoms with Crippen LogP contribution in [-0.2, 0) is 16.8 Å². The maximum absolute atomic E-state index is 14.3. The third-order valence-corrected chi connectivity index (χ3v) is 6.45. The molecule has 12 heteroatoms. The van der Waals surface area contributed by atoms with Gasteiger partial charge in [-0.2, -0.15) is 13.1 Å². The zero-order valence-corrected chi connectivity index (χ0v) is 16.4. The number of aromatic nitrogens is 2. The van der Waals surface area contributed by atoms with Crippen LogP contribution in [-0.4, -0.2) is 42.1 Å². The molecule has 1 saturated heterocycles. The highest BCUT2D eigenvalue weighted by atomic mass is 32.2. The number of halogens is 2. The molecule has 0 spiro atoms. The number of benzene rings is 1. The van der Waals surface area contributed by atoms with E-state index >= 15 is 0 Å². The number of carbonyl (C=O) groups is 1. The first-order valence-corrected chi connectivity index (χ1v) is 10.2. The van der Waals surface area contributed by atoms with Gasteiger partial charge in [0.05, 0.1) is 17.7 Å². The van der Waals surface area contributed by atoms with Crippen LogP contribution in [0.4, 0.5) is 14.5 Å². The van der Waals surface area contributed by atoms with E-state index in [0.717, 1.165) is 27.2 Å². The summed E-state index contributed by atoms with van der Waals surface area (Å²) in [6.07, 6.45) is 0.838. The van der Waals surface area contributed by atoms with Crippen molar-refractivity contribution in [1.82, 2.24) is 14.3 Å². The number of nitrogens with one attached hydrogen (secondary N) is 2. The van der Waals surface area contributed by atoms with Gasteiger partial charge in [0.15, 0.2) is 5.69 Å². The molecule has 30 heavy (non-hydrogen) atoms. The summed E-state index contributed by atoms with van der Waals surface area (Å²) in [7, 11) is -4.00. The van der Waals surface area contributed by atoms with E-state index in [1.54, 1.807) is 0 Å². The van der Waals surface area contributed by atoms with Gasteiger partial charge in [-0.1, -0.05) is 0 Å².